The van der Waals surface area contributed by atoms with Crippen LogP contribution in [0.2, 0.25) is 0 Å². The molecule has 3 rings (SSSR count). The number of nitrogens with one attached hydrogen (secondary N) is 2. The number of nitrogens with zero attached hydrogens (tertiary/aromatic N) is 3. The number of benzene rings is 1. The van der Waals surface area contributed by atoms with Crippen molar-refractivity contribution in [2.45, 2.75) is 36.5 Å². The average molecular weight is 384 g/mol. The second-order valence-electron chi connectivity index (χ2n) is 6.76. The van der Waals surface area contributed by atoms with Crippen molar-refractivity contribution in [3.8, 4) is 0 Å². The summed E-state index contributed by atoms with van der Waals surface area (Å²) in [5.74, 6) is 1.91. The molecule has 1 aliphatic heterocycles. The van der Waals surface area contributed by atoms with Crippen molar-refractivity contribution in [1.29, 1.82) is 0 Å². The summed E-state index contributed by atoms with van der Waals surface area (Å²) in [5, 5.41) is 7.28. The molecule has 1 fully saturated rings. The van der Waals surface area contributed by atoms with Crippen molar-refractivity contribution in [3.63, 3.8) is 0 Å². The number of aliphatic imine (C=N–C) groups is 1. The Balaban J connectivity index is 1.45. The summed E-state index contributed by atoms with van der Waals surface area (Å²) in [4.78, 5) is 12.5. The first-order valence-corrected chi connectivity index (χ1v) is 10.5. The number of aromatic nitrogens is 1. The monoisotopic (exact) mass is 383 g/mol. The lowest BCUT2D eigenvalue weighted by atomic mass is 10.2. The van der Waals surface area contributed by atoms with Gasteiger partial charge in [0, 0.05) is 49.6 Å². The zero-order valence-electron chi connectivity index (χ0n) is 16.2. The highest BCUT2D eigenvalue weighted by Crippen LogP contribution is 2.22. The van der Waals surface area contributed by atoms with Gasteiger partial charge in [0.05, 0.1) is 0 Å². The number of pyridine rings is 1. The van der Waals surface area contributed by atoms with Gasteiger partial charge >= 0.3 is 0 Å². The van der Waals surface area contributed by atoms with E-state index in [0.29, 0.717) is 5.25 Å². The van der Waals surface area contributed by atoms with Crippen LogP contribution in [0, 0.1) is 0 Å². The Morgan fingerprint density at radius 2 is 1.96 bits per heavy atom. The summed E-state index contributed by atoms with van der Waals surface area (Å²) in [6.45, 7) is 6.05. The van der Waals surface area contributed by atoms with Crippen LogP contribution >= 0.6 is 11.8 Å². The van der Waals surface area contributed by atoms with Gasteiger partial charge in [0.1, 0.15) is 5.82 Å². The molecule has 1 unspecified atom stereocenters. The quantitative estimate of drug-likeness (QED) is 0.435. The molecule has 2 aromatic rings. The van der Waals surface area contributed by atoms with Crippen LogP contribution in [-0.4, -0.2) is 42.9 Å². The molecule has 0 spiro atoms. The zero-order valence-corrected chi connectivity index (χ0v) is 17.0. The number of guanidine groups is 1. The molecule has 1 aliphatic rings. The third-order valence-electron chi connectivity index (χ3n) is 4.56. The van der Waals surface area contributed by atoms with Crippen molar-refractivity contribution >= 4 is 23.5 Å². The van der Waals surface area contributed by atoms with E-state index in [-0.39, 0.29) is 0 Å². The summed E-state index contributed by atoms with van der Waals surface area (Å²) in [5.41, 5.74) is 1.22. The third kappa shape index (κ3) is 6.17. The summed E-state index contributed by atoms with van der Waals surface area (Å²) >= 11 is 1.87. The molecular formula is C21H29N5S. The van der Waals surface area contributed by atoms with Crippen molar-refractivity contribution < 1.29 is 0 Å². The van der Waals surface area contributed by atoms with Crippen LogP contribution in [0.5, 0.6) is 0 Å². The van der Waals surface area contributed by atoms with Crippen molar-refractivity contribution in [3.05, 3.63) is 54.2 Å². The maximum absolute atomic E-state index is 4.52. The van der Waals surface area contributed by atoms with Gasteiger partial charge < -0.3 is 15.5 Å². The van der Waals surface area contributed by atoms with E-state index in [1.54, 1.807) is 0 Å². The summed E-state index contributed by atoms with van der Waals surface area (Å²) in [6.07, 6.45) is 4.43. The van der Waals surface area contributed by atoms with Crippen LogP contribution in [0.1, 0.15) is 25.3 Å². The molecule has 2 heterocycles. The SMILES string of the molecule is CN=C(NCc1ccnc(N2CCCC2)c1)NCC(C)Sc1ccccc1. The van der Waals surface area contributed by atoms with E-state index < -0.39 is 0 Å². The second kappa shape index (κ2) is 10.2. The van der Waals surface area contributed by atoms with Gasteiger partial charge in [-0.3, -0.25) is 4.99 Å². The minimum Gasteiger partial charge on any atom is -0.357 e. The van der Waals surface area contributed by atoms with E-state index in [2.05, 4.69) is 68.8 Å². The first-order chi connectivity index (χ1) is 13.2. The first-order valence-electron chi connectivity index (χ1n) is 9.60. The maximum Gasteiger partial charge on any atom is 0.191 e. The lowest BCUT2D eigenvalue weighted by molar-refractivity contribution is 0.789. The largest absolute Gasteiger partial charge is 0.357 e. The van der Waals surface area contributed by atoms with Crippen molar-refractivity contribution in [2.75, 3.05) is 31.6 Å². The van der Waals surface area contributed by atoms with Crippen LogP contribution in [-0.2, 0) is 6.54 Å². The average Bonchev–Trinajstić information content (AvgIpc) is 3.24. The van der Waals surface area contributed by atoms with E-state index in [1.165, 1.54) is 23.3 Å². The van der Waals surface area contributed by atoms with Gasteiger partial charge in [-0.1, -0.05) is 25.1 Å². The van der Waals surface area contributed by atoms with Crippen LogP contribution in [0.25, 0.3) is 0 Å². The molecule has 1 aromatic heterocycles. The fourth-order valence-corrected chi connectivity index (χ4v) is 4.06. The van der Waals surface area contributed by atoms with Gasteiger partial charge in [0.15, 0.2) is 5.96 Å². The molecule has 0 amide bonds. The molecular weight excluding hydrogens is 354 g/mol. The Bertz CT molecular complexity index is 728. The zero-order chi connectivity index (χ0) is 18.9. The lowest BCUT2D eigenvalue weighted by Gasteiger charge is -2.18. The third-order valence-corrected chi connectivity index (χ3v) is 5.67. The molecule has 2 N–H and O–H groups in total. The summed E-state index contributed by atoms with van der Waals surface area (Å²) in [6, 6.07) is 14.7. The number of anilines is 1. The molecule has 1 saturated heterocycles. The van der Waals surface area contributed by atoms with Crippen LogP contribution in [0.15, 0.2) is 58.5 Å². The van der Waals surface area contributed by atoms with E-state index in [0.717, 1.165) is 38.0 Å². The molecule has 144 valence electrons. The molecule has 6 heteroatoms. The lowest BCUT2D eigenvalue weighted by Crippen LogP contribution is -2.39. The van der Waals surface area contributed by atoms with E-state index >= 15 is 0 Å². The number of rotatable bonds is 7. The normalized spacial score (nSPS) is 15.6. The molecule has 5 nitrogen and oxygen atoms in total. The summed E-state index contributed by atoms with van der Waals surface area (Å²) < 4.78 is 0. The predicted octanol–water partition coefficient (Wildman–Crippen LogP) is 3.53. The molecule has 27 heavy (non-hydrogen) atoms. The maximum atomic E-state index is 4.52. The van der Waals surface area contributed by atoms with E-state index in [1.807, 2.05) is 31.1 Å². The van der Waals surface area contributed by atoms with Gasteiger partial charge in [-0.25, -0.2) is 4.98 Å². The predicted molar refractivity (Wildman–Crippen MR) is 116 cm³/mol. The molecule has 0 saturated carbocycles. The summed E-state index contributed by atoms with van der Waals surface area (Å²) in [7, 11) is 1.81. The van der Waals surface area contributed by atoms with Gasteiger partial charge in [-0.05, 0) is 42.7 Å². The minimum absolute atomic E-state index is 0.452. The van der Waals surface area contributed by atoms with Crippen LogP contribution < -0.4 is 15.5 Å². The smallest absolute Gasteiger partial charge is 0.191 e. The standard InChI is InChI=1S/C21H29N5S/c1-17(27-19-8-4-3-5-9-19)15-24-21(22-2)25-16-18-10-11-23-20(14-18)26-12-6-7-13-26/h3-5,8-11,14,17H,6-7,12-13,15-16H2,1-2H3,(H2,22,24,25). The molecule has 0 radical (unpaired) electrons. The van der Waals surface area contributed by atoms with E-state index in [9.17, 15) is 0 Å². The van der Waals surface area contributed by atoms with Gasteiger partial charge in [0.25, 0.3) is 0 Å². The fraction of sp³-hybridized carbons (Fsp3) is 0.429. The second-order valence-corrected chi connectivity index (χ2v) is 8.28. The topological polar surface area (TPSA) is 52.6 Å². The van der Waals surface area contributed by atoms with Gasteiger partial charge in [-0.2, -0.15) is 0 Å². The minimum atomic E-state index is 0.452. The molecule has 0 bridgehead atoms. The number of thioether (sulfide) groups is 1. The molecule has 1 atom stereocenters. The number of hydrogen-bond acceptors (Lipinski definition) is 4. The number of hydrogen-bond donors (Lipinski definition) is 2. The molecule has 1 aromatic carbocycles. The van der Waals surface area contributed by atoms with E-state index in [4.69, 9.17) is 0 Å². The van der Waals surface area contributed by atoms with Crippen molar-refractivity contribution in [2.24, 2.45) is 4.99 Å². The van der Waals surface area contributed by atoms with Gasteiger partial charge in [-0.15, -0.1) is 11.8 Å². The Hall–Kier alpha value is -2.21. The van der Waals surface area contributed by atoms with Crippen molar-refractivity contribution in [1.82, 2.24) is 15.6 Å². The Labute approximate surface area is 166 Å². The highest BCUT2D eigenvalue weighted by molar-refractivity contribution is 8.00. The Morgan fingerprint density at radius 1 is 1.19 bits per heavy atom. The fourth-order valence-electron chi connectivity index (χ4n) is 3.11. The first kappa shape index (κ1) is 19.5. The van der Waals surface area contributed by atoms with Gasteiger partial charge in [0.2, 0.25) is 0 Å². The Morgan fingerprint density at radius 3 is 2.70 bits per heavy atom. The highest BCUT2D eigenvalue weighted by Gasteiger charge is 2.13. The Kier molecular flexibility index (Phi) is 7.39. The van der Waals surface area contributed by atoms with Crippen LogP contribution in [0.4, 0.5) is 5.82 Å². The molecule has 0 aliphatic carbocycles. The highest BCUT2D eigenvalue weighted by atomic mass is 32.2. The van der Waals surface area contributed by atoms with Crippen LogP contribution in [0.3, 0.4) is 0 Å².